The Morgan fingerprint density at radius 2 is 2.03 bits per heavy atom. The second-order valence-electron chi connectivity index (χ2n) is 8.26. The van der Waals surface area contributed by atoms with Crippen molar-refractivity contribution in [3.63, 3.8) is 0 Å². The van der Waals surface area contributed by atoms with Crippen LogP contribution in [0.4, 0.5) is 5.69 Å². The normalized spacial score (nSPS) is 21.4. The second-order valence-corrected chi connectivity index (χ2v) is 11.5. The van der Waals surface area contributed by atoms with E-state index in [0.717, 1.165) is 22.1 Å². The molecule has 2 aliphatic heterocycles. The zero-order chi connectivity index (χ0) is 23.0. The van der Waals surface area contributed by atoms with Crippen LogP contribution in [-0.4, -0.2) is 44.4 Å². The summed E-state index contributed by atoms with van der Waals surface area (Å²) in [6, 6.07) is 10.6. The molecule has 2 atom stereocenters. The maximum absolute atomic E-state index is 13.5. The molecule has 9 heteroatoms. The van der Waals surface area contributed by atoms with Gasteiger partial charge in [-0.05, 0) is 75.1 Å². The van der Waals surface area contributed by atoms with Gasteiger partial charge in [-0.25, -0.2) is 8.42 Å². The van der Waals surface area contributed by atoms with Gasteiger partial charge >= 0.3 is 0 Å². The minimum atomic E-state index is -3.86. The molecule has 0 aliphatic carbocycles. The molecule has 0 aromatic heterocycles. The Morgan fingerprint density at radius 3 is 2.78 bits per heavy atom. The molecular formula is C23H26BrClN2O4S. The minimum Gasteiger partial charge on any atom is -0.492 e. The fourth-order valence-corrected chi connectivity index (χ4v) is 6.92. The van der Waals surface area contributed by atoms with Crippen LogP contribution in [0.1, 0.15) is 32.3 Å². The topological polar surface area (TPSA) is 66.9 Å². The minimum absolute atomic E-state index is 0.0189. The number of hydrogen-bond donors (Lipinski definition) is 0. The Morgan fingerprint density at radius 1 is 1.25 bits per heavy atom. The van der Waals surface area contributed by atoms with Gasteiger partial charge in [0.25, 0.3) is 0 Å². The summed E-state index contributed by atoms with van der Waals surface area (Å²) in [6.45, 7) is 4.68. The first kappa shape index (κ1) is 23.5. The number of sulfonamides is 1. The zero-order valence-electron chi connectivity index (χ0n) is 18.1. The van der Waals surface area contributed by atoms with E-state index in [1.807, 2.05) is 30.0 Å². The summed E-state index contributed by atoms with van der Waals surface area (Å²) >= 11 is 9.60. The lowest BCUT2D eigenvalue weighted by Crippen LogP contribution is -2.48. The van der Waals surface area contributed by atoms with Crippen LogP contribution < -0.4 is 9.64 Å². The van der Waals surface area contributed by atoms with Crippen molar-refractivity contribution in [1.29, 1.82) is 0 Å². The SMILES string of the molecule is CCOc1ccc(Cl)cc1S(=O)(=O)N1CCC[C@H](C(=O)N2c3ccc(Br)cc3C[C@H]2C)C1. The van der Waals surface area contributed by atoms with Gasteiger partial charge in [0.2, 0.25) is 15.9 Å². The molecule has 2 heterocycles. The van der Waals surface area contributed by atoms with E-state index in [1.165, 1.54) is 10.4 Å². The molecular weight excluding hydrogens is 516 g/mol. The maximum atomic E-state index is 13.5. The largest absolute Gasteiger partial charge is 0.492 e. The number of hydrogen-bond acceptors (Lipinski definition) is 4. The Balaban J connectivity index is 1.59. The highest BCUT2D eigenvalue weighted by Gasteiger charge is 2.39. The number of carbonyl (C=O) groups is 1. The third-order valence-corrected chi connectivity index (χ3v) is 8.67. The lowest BCUT2D eigenvalue weighted by molar-refractivity contribution is -0.123. The van der Waals surface area contributed by atoms with Crippen LogP contribution in [0, 0.1) is 5.92 Å². The van der Waals surface area contributed by atoms with Crippen LogP contribution in [0.15, 0.2) is 45.8 Å². The first-order valence-corrected chi connectivity index (χ1v) is 13.4. The van der Waals surface area contributed by atoms with Crippen molar-refractivity contribution in [2.45, 2.75) is 44.0 Å². The smallest absolute Gasteiger partial charge is 0.246 e. The molecule has 32 heavy (non-hydrogen) atoms. The van der Waals surface area contributed by atoms with Crippen molar-refractivity contribution in [3.05, 3.63) is 51.5 Å². The van der Waals surface area contributed by atoms with Gasteiger partial charge in [0.05, 0.1) is 12.5 Å². The number of anilines is 1. The molecule has 0 radical (unpaired) electrons. The summed E-state index contributed by atoms with van der Waals surface area (Å²) in [6.07, 6.45) is 2.07. The van der Waals surface area contributed by atoms with Crippen molar-refractivity contribution in [2.24, 2.45) is 5.92 Å². The summed E-state index contributed by atoms with van der Waals surface area (Å²) in [5.74, 6) is -0.141. The Labute approximate surface area is 202 Å². The average Bonchev–Trinajstić information content (AvgIpc) is 3.09. The third kappa shape index (κ3) is 4.42. The van der Waals surface area contributed by atoms with E-state index in [4.69, 9.17) is 16.3 Å². The van der Waals surface area contributed by atoms with Gasteiger partial charge in [0.15, 0.2) is 0 Å². The van der Waals surface area contributed by atoms with Crippen molar-refractivity contribution < 1.29 is 17.9 Å². The highest BCUT2D eigenvalue weighted by atomic mass is 79.9. The van der Waals surface area contributed by atoms with Crippen LogP contribution in [0.25, 0.3) is 0 Å². The van der Waals surface area contributed by atoms with Gasteiger partial charge in [-0.3, -0.25) is 4.79 Å². The van der Waals surface area contributed by atoms with Crippen LogP contribution in [0.5, 0.6) is 5.75 Å². The van der Waals surface area contributed by atoms with Gasteiger partial charge in [-0.15, -0.1) is 0 Å². The molecule has 0 bridgehead atoms. The molecule has 0 unspecified atom stereocenters. The van der Waals surface area contributed by atoms with E-state index >= 15 is 0 Å². The molecule has 2 aromatic rings. The zero-order valence-corrected chi connectivity index (χ0v) is 21.2. The fourth-order valence-electron chi connectivity index (χ4n) is 4.59. The van der Waals surface area contributed by atoms with E-state index in [1.54, 1.807) is 19.1 Å². The summed E-state index contributed by atoms with van der Waals surface area (Å²) in [5.41, 5.74) is 2.04. The fraction of sp³-hybridized carbons (Fsp3) is 0.435. The third-order valence-electron chi connectivity index (χ3n) is 6.05. The van der Waals surface area contributed by atoms with E-state index in [-0.39, 0.29) is 29.1 Å². The quantitative estimate of drug-likeness (QED) is 0.541. The Kier molecular flexibility index (Phi) is 6.86. The summed E-state index contributed by atoms with van der Waals surface area (Å²) in [5, 5.41) is 0.324. The van der Waals surface area contributed by atoms with Gasteiger partial charge in [-0.1, -0.05) is 27.5 Å². The van der Waals surface area contributed by atoms with Gasteiger partial charge in [-0.2, -0.15) is 4.31 Å². The number of amides is 1. The summed E-state index contributed by atoms with van der Waals surface area (Å²) < 4.78 is 34.9. The molecule has 4 rings (SSSR count). The second kappa shape index (κ2) is 9.33. The van der Waals surface area contributed by atoms with Crippen LogP contribution in [0.3, 0.4) is 0 Å². The number of fused-ring (bicyclic) bond motifs is 1. The number of ether oxygens (including phenoxy) is 1. The van der Waals surface area contributed by atoms with Crippen molar-refractivity contribution in [3.8, 4) is 5.75 Å². The van der Waals surface area contributed by atoms with Gasteiger partial charge in [0.1, 0.15) is 10.6 Å². The molecule has 0 spiro atoms. The molecule has 0 saturated carbocycles. The monoisotopic (exact) mass is 540 g/mol. The molecule has 2 aromatic carbocycles. The summed E-state index contributed by atoms with van der Waals surface area (Å²) in [7, 11) is -3.86. The lowest BCUT2D eigenvalue weighted by Gasteiger charge is -2.35. The number of rotatable bonds is 5. The van der Waals surface area contributed by atoms with E-state index in [2.05, 4.69) is 15.9 Å². The number of nitrogens with zero attached hydrogens (tertiary/aromatic N) is 2. The molecule has 1 fully saturated rings. The Hall–Kier alpha value is -1.61. The standard InChI is InChI=1S/C23H26BrClN2O4S/c1-3-31-21-9-7-19(25)13-22(21)32(29,30)26-10-4-5-16(14-26)23(28)27-15(2)11-17-12-18(24)6-8-20(17)27/h6-9,12-13,15-16H,3-5,10-11,14H2,1-2H3/t15-,16+/m1/s1. The van der Waals surface area contributed by atoms with Crippen molar-refractivity contribution >= 4 is 49.1 Å². The molecule has 2 aliphatic rings. The lowest BCUT2D eigenvalue weighted by atomic mass is 9.97. The maximum Gasteiger partial charge on any atom is 0.246 e. The number of carbonyl (C=O) groups excluding carboxylic acids is 1. The van der Waals surface area contributed by atoms with E-state index < -0.39 is 15.9 Å². The Bertz CT molecular complexity index is 1140. The highest BCUT2D eigenvalue weighted by Crippen LogP contribution is 2.37. The number of halogens is 2. The predicted octanol–water partition coefficient (Wildman–Crippen LogP) is 4.88. The first-order valence-electron chi connectivity index (χ1n) is 10.8. The summed E-state index contributed by atoms with van der Waals surface area (Å²) in [4.78, 5) is 15.4. The number of piperidine rings is 1. The van der Waals surface area contributed by atoms with Gasteiger partial charge in [0, 0.05) is 34.3 Å². The predicted molar refractivity (Wildman–Crippen MR) is 129 cm³/mol. The highest BCUT2D eigenvalue weighted by molar-refractivity contribution is 9.10. The molecule has 172 valence electrons. The van der Waals surface area contributed by atoms with E-state index in [0.29, 0.717) is 31.0 Å². The number of benzene rings is 2. The van der Waals surface area contributed by atoms with Crippen LogP contribution in [0.2, 0.25) is 5.02 Å². The van der Waals surface area contributed by atoms with Crippen LogP contribution in [-0.2, 0) is 21.2 Å². The van der Waals surface area contributed by atoms with Crippen LogP contribution >= 0.6 is 27.5 Å². The van der Waals surface area contributed by atoms with Crippen molar-refractivity contribution in [1.82, 2.24) is 4.31 Å². The molecule has 6 nitrogen and oxygen atoms in total. The molecule has 1 saturated heterocycles. The average molecular weight is 542 g/mol. The van der Waals surface area contributed by atoms with Gasteiger partial charge < -0.3 is 9.64 Å². The van der Waals surface area contributed by atoms with E-state index in [9.17, 15) is 13.2 Å². The molecule has 0 N–H and O–H groups in total. The van der Waals surface area contributed by atoms with Crippen molar-refractivity contribution in [2.75, 3.05) is 24.6 Å². The molecule has 1 amide bonds. The first-order chi connectivity index (χ1) is 15.2.